The molecule has 1 heterocycles. The third-order valence-corrected chi connectivity index (χ3v) is 4.40. The fraction of sp³-hybridized carbons (Fsp3) is 0.278. The molecule has 1 aliphatic heterocycles. The fourth-order valence-corrected chi connectivity index (χ4v) is 3.23. The molecule has 2 aromatic carbocycles. The summed E-state index contributed by atoms with van der Waals surface area (Å²) in [5, 5.41) is 13.8. The summed E-state index contributed by atoms with van der Waals surface area (Å²) in [7, 11) is 0. The van der Waals surface area contributed by atoms with Crippen molar-refractivity contribution in [1.82, 2.24) is 5.32 Å². The van der Waals surface area contributed by atoms with E-state index in [2.05, 4.69) is 5.32 Å². The number of carbonyl (C=O) groups is 1. The molecule has 130 valence electrons. The first-order valence-corrected chi connectivity index (χ1v) is 8.17. The Balaban J connectivity index is 1.87. The highest BCUT2D eigenvalue weighted by molar-refractivity contribution is 6.34. The summed E-state index contributed by atoms with van der Waals surface area (Å²) in [6, 6.07) is 11.1. The van der Waals surface area contributed by atoms with Crippen LogP contribution in [0.25, 0.3) is 0 Å². The summed E-state index contributed by atoms with van der Waals surface area (Å²) in [4.78, 5) is 22.9. The zero-order chi connectivity index (χ0) is 18.2. The van der Waals surface area contributed by atoms with Gasteiger partial charge in [0, 0.05) is 24.1 Å². The van der Waals surface area contributed by atoms with E-state index in [9.17, 15) is 14.9 Å². The minimum Gasteiger partial charge on any atom is -0.487 e. The van der Waals surface area contributed by atoms with E-state index in [0.717, 1.165) is 11.3 Å². The number of rotatable bonds is 3. The van der Waals surface area contributed by atoms with Crippen LogP contribution in [-0.4, -0.2) is 16.4 Å². The normalized spacial score (nSPS) is 18.0. The van der Waals surface area contributed by atoms with Crippen LogP contribution in [0.1, 0.15) is 42.2 Å². The number of hydrogen-bond acceptors (Lipinski definition) is 4. The molecule has 0 radical (unpaired) electrons. The summed E-state index contributed by atoms with van der Waals surface area (Å²) in [5.41, 5.74) is 0.521. The van der Waals surface area contributed by atoms with Crippen LogP contribution >= 0.6 is 11.6 Å². The van der Waals surface area contributed by atoms with Gasteiger partial charge in [-0.3, -0.25) is 14.9 Å². The fourth-order valence-electron chi connectivity index (χ4n) is 2.97. The molecule has 2 aromatic rings. The summed E-state index contributed by atoms with van der Waals surface area (Å²) in [5.74, 6) is 0.358. The first-order valence-electron chi connectivity index (χ1n) is 7.79. The number of nitrogens with one attached hydrogen (secondary N) is 1. The van der Waals surface area contributed by atoms with Crippen LogP contribution in [0.5, 0.6) is 5.75 Å². The van der Waals surface area contributed by atoms with Gasteiger partial charge in [0.25, 0.3) is 11.6 Å². The first-order chi connectivity index (χ1) is 11.8. The predicted molar refractivity (Wildman–Crippen MR) is 94.1 cm³/mol. The van der Waals surface area contributed by atoms with Crippen LogP contribution in [0.4, 0.5) is 5.69 Å². The molecule has 0 saturated heterocycles. The van der Waals surface area contributed by atoms with Gasteiger partial charge in [-0.1, -0.05) is 29.8 Å². The molecule has 1 amide bonds. The number of benzene rings is 2. The lowest BCUT2D eigenvalue weighted by molar-refractivity contribution is -0.384. The van der Waals surface area contributed by atoms with Crippen molar-refractivity contribution >= 4 is 23.2 Å². The molecule has 0 saturated carbocycles. The maximum Gasteiger partial charge on any atom is 0.270 e. The van der Waals surface area contributed by atoms with Crippen molar-refractivity contribution in [3.8, 4) is 5.75 Å². The minimum atomic E-state index is -0.551. The molecule has 3 rings (SSSR count). The van der Waals surface area contributed by atoms with Crippen LogP contribution in [0.3, 0.4) is 0 Å². The van der Waals surface area contributed by atoms with Crippen molar-refractivity contribution in [2.75, 3.05) is 0 Å². The monoisotopic (exact) mass is 360 g/mol. The van der Waals surface area contributed by atoms with Crippen LogP contribution in [0, 0.1) is 10.1 Å². The summed E-state index contributed by atoms with van der Waals surface area (Å²) in [6.45, 7) is 3.92. The molecule has 6 nitrogen and oxygen atoms in total. The predicted octanol–water partition coefficient (Wildman–Crippen LogP) is 4.28. The standard InChI is InChI=1S/C18H17ClN2O4/c1-18(2)10-15(13-5-3-4-6-16(13)25-18)20-17(22)12-8-7-11(21(23)24)9-14(12)19/h3-9,15H,10H2,1-2H3,(H,20,22)/t15-/m1/s1. The number of halogens is 1. The van der Waals surface area contributed by atoms with Crippen molar-refractivity contribution in [3.05, 3.63) is 68.7 Å². The van der Waals surface area contributed by atoms with Gasteiger partial charge in [0.15, 0.2) is 0 Å². The number of nitro benzene ring substituents is 1. The molecular formula is C18H17ClN2O4. The van der Waals surface area contributed by atoms with E-state index in [4.69, 9.17) is 16.3 Å². The van der Waals surface area contributed by atoms with Crippen LogP contribution in [0.2, 0.25) is 5.02 Å². The highest BCUT2D eigenvalue weighted by Crippen LogP contribution is 2.39. The van der Waals surface area contributed by atoms with Crippen LogP contribution in [0.15, 0.2) is 42.5 Å². The smallest absolute Gasteiger partial charge is 0.270 e. The summed E-state index contributed by atoms with van der Waals surface area (Å²) < 4.78 is 5.95. The Morgan fingerprint density at radius 3 is 2.72 bits per heavy atom. The summed E-state index contributed by atoms with van der Waals surface area (Å²) >= 11 is 6.05. The van der Waals surface area contributed by atoms with Crippen molar-refractivity contribution in [2.45, 2.75) is 31.9 Å². The number of ether oxygens (including phenoxy) is 1. The highest BCUT2D eigenvalue weighted by Gasteiger charge is 2.34. The lowest BCUT2D eigenvalue weighted by atomic mass is 9.89. The quantitative estimate of drug-likeness (QED) is 0.654. The van der Waals surface area contributed by atoms with Gasteiger partial charge >= 0.3 is 0 Å². The van der Waals surface area contributed by atoms with E-state index in [1.54, 1.807) is 0 Å². The van der Waals surface area contributed by atoms with Gasteiger partial charge < -0.3 is 10.1 Å². The number of amides is 1. The van der Waals surface area contributed by atoms with Gasteiger partial charge in [-0.25, -0.2) is 0 Å². The lowest BCUT2D eigenvalue weighted by Crippen LogP contribution is -2.41. The second-order valence-corrected chi connectivity index (χ2v) is 6.96. The van der Waals surface area contributed by atoms with Crippen LogP contribution in [-0.2, 0) is 0 Å². The molecular weight excluding hydrogens is 344 g/mol. The lowest BCUT2D eigenvalue weighted by Gasteiger charge is -2.37. The molecule has 0 aromatic heterocycles. The minimum absolute atomic E-state index is 0.0475. The number of carbonyl (C=O) groups excluding carboxylic acids is 1. The van der Waals surface area contributed by atoms with Crippen molar-refractivity contribution in [3.63, 3.8) is 0 Å². The molecule has 0 aliphatic carbocycles. The van der Waals surface area contributed by atoms with E-state index in [-0.39, 0.29) is 28.2 Å². The highest BCUT2D eigenvalue weighted by atomic mass is 35.5. The Bertz CT molecular complexity index is 851. The van der Waals surface area contributed by atoms with E-state index in [1.807, 2.05) is 38.1 Å². The Hall–Kier alpha value is -2.60. The maximum atomic E-state index is 12.6. The Kier molecular flexibility index (Phi) is 4.39. The molecule has 25 heavy (non-hydrogen) atoms. The largest absolute Gasteiger partial charge is 0.487 e. The van der Waals surface area contributed by atoms with Gasteiger partial charge in [-0.2, -0.15) is 0 Å². The van der Waals surface area contributed by atoms with E-state index in [1.165, 1.54) is 18.2 Å². The van der Waals surface area contributed by atoms with Gasteiger partial charge in [0.05, 0.1) is 21.6 Å². The SMILES string of the molecule is CC1(C)C[C@@H](NC(=O)c2ccc([N+](=O)[O-])cc2Cl)c2ccccc2O1. The van der Waals surface area contributed by atoms with Gasteiger partial charge in [0.1, 0.15) is 11.4 Å². The topological polar surface area (TPSA) is 81.5 Å². The third-order valence-electron chi connectivity index (χ3n) is 4.09. The molecule has 0 spiro atoms. The van der Waals surface area contributed by atoms with Gasteiger partial charge in [-0.15, -0.1) is 0 Å². The molecule has 0 fully saturated rings. The number of para-hydroxylation sites is 1. The third kappa shape index (κ3) is 3.58. The number of nitrogens with zero attached hydrogens (tertiary/aromatic N) is 1. The number of nitro groups is 1. The van der Waals surface area contributed by atoms with Gasteiger partial charge in [0.2, 0.25) is 0 Å². The molecule has 7 heteroatoms. The van der Waals surface area contributed by atoms with Crippen LogP contribution < -0.4 is 10.1 Å². The Labute approximate surface area is 149 Å². The number of non-ortho nitro benzene ring substituents is 1. The van der Waals surface area contributed by atoms with Gasteiger partial charge in [-0.05, 0) is 26.0 Å². The molecule has 1 atom stereocenters. The average Bonchev–Trinajstić information content (AvgIpc) is 2.53. The Morgan fingerprint density at radius 1 is 1.32 bits per heavy atom. The zero-order valence-corrected chi connectivity index (χ0v) is 14.5. The summed E-state index contributed by atoms with van der Waals surface area (Å²) in [6.07, 6.45) is 0.598. The van der Waals surface area contributed by atoms with Crippen molar-refractivity contribution in [1.29, 1.82) is 0 Å². The van der Waals surface area contributed by atoms with E-state index in [0.29, 0.717) is 6.42 Å². The zero-order valence-electron chi connectivity index (χ0n) is 13.8. The molecule has 0 unspecified atom stereocenters. The maximum absolute atomic E-state index is 12.6. The van der Waals surface area contributed by atoms with Crippen molar-refractivity contribution in [2.24, 2.45) is 0 Å². The molecule has 1 N–H and O–H groups in total. The second-order valence-electron chi connectivity index (χ2n) is 6.55. The van der Waals surface area contributed by atoms with E-state index >= 15 is 0 Å². The number of hydrogen-bond donors (Lipinski definition) is 1. The Morgan fingerprint density at radius 2 is 2.04 bits per heavy atom. The first kappa shape index (κ1) is 17.2. The van der Waals surface area contributed by atoms with Crippen molar-refractivity contribution < 1.29 is 14.5 Å². The number of fused-ring (bicyclic) bond motifs is 1. The second kappa shape index (κ2) is 6.37. The van der Waals surface area contributed by atoms with E-state index < -0.39 is 10.5 Å². The molecule has 0 bridgehead atoms. The molecule has 1 aliphatic rings. The average molecular weight is 361 g/mol.